The van der Waals surface area contributed by atoms with Crippen molar-refractivity contribution in [3.63, 3.8) is 0 Å². The number of pyridine rings is 1. The molecule has 5 aromatic carbocycles. The van der Waals surface area contributed by atoms with Gasteiger partial charge in [0.05, 0.1) is 18.0 Å². The summed E-state index contributed by atoms with van der Waals surface area (Å²) < 4.78 is 2.26. The maximum atomic E-state index is 4.88. The van der Waals surface area contributed by atoms with Gasteiger partial charge in [-0.15, -0.1) is 11.5 Å². The van der Waals surface area contributed by atoms with Gasteiger partial charge in [0, 0.05) is 17.8 Å². The van der Waals surface area contributed by atoms with E-state index in [2.05, 4.69) is 169 Å². The van der Waals surface area contributed by atoms with Crippen LogP contribution in [-0.4, -0.2) is 22.3 Å². The van der Waals surface area contributed by atoms with Crippen molar-refractivity contribution in [2.75, 3.05) is 16.5 Å². The maximum Gasteiger partial charge on any atom is 2.00 e. The van der Waals surface area contributed by atoms with E-state index in [9.17, 15) is 0 Å². The van der Waals surface area contributed by atoms with Crippen molar-refractivity contribution in [1.82, 2.24) is 9.55 Å². The molecule has 0 saturated carbocycles. The van der Waals surface area contributed by atoms with Gasteiger partial charge < -0.3 is 14.4 Å². The number of para-hydroxylation sites is 3. The third-order valence-electron chi connectivity index (χ3n) is 9.48. The summed E-state index contributed by atoms with van der Waals surface area (Å²) in [5, 5.41) is 2.36. The predicted molar refractivity (Wildman–Crippen MR) is 191 cm³/mol. The molecule has 3 heterocycles. The number of fused-ring (bicyclic) bond motifs is 4. The Morgan fingerprint density at radius 2 is 1.40 bits per heavy atom. The smallest absolute Gasteiger partial charge is 0.349 e. The van der Waals surface area contributed by atoms with Crippen LogP contribution in [0.3, 0.4) is 0 Å². The zero-order valence-corrected chi connectivity index (χ0v) is 29.3. The van der Waals surface area contributed by atoms with Gasteiger partial charge in [-0.25, -0.2) is 4.98 Å². The van der Waals surface area contributed by atoms with E-state index in [1.54, 1.807) is 0 Å². The second-order valence-corrected chi connectivity index (χ2v) is 13.0. The quantitative estimate of drug-likeness (QED) is 0.157. The number of rotatable bonds is 6. The largest absolute Gasteiger partial charge is 2.00 e. The molecule has 0 bridgehead atoms. The van der Waals surface area contributed by atoms with Crippen LogP contribution in [0.15, 0.2) is 128 Å². The minimum absolute atomic E-state index is 0. The summed E-state index contributed by atoms with van der Waals surface area (Å²) in [4.78, 5) is 9.70. The molecule has 7 aromatic rings. The molecule has 0 amide bonds. The molecule has 1 aliphatic heterocycles. The van der Waals surface area contributed by atoms with E-state index < -0.39 is 0 Å². The van der Waals surface area contributed by atoms with Gasteiger partial charge in [0.15, 0.2) is 0 Å². The topological polar surface area (TPSA) is 24.3 Å². The van der Waals surface area contributed by atoms with Gasteiger partial charge in [0.25, 0.3) is 0 Å². The molecule has 5 heteroatoms. The molecular formula is C42H36N4Pt. The van der Waals surface area contributed by atoms with Crippen LogP contribution in [0.2, 0.25) is 0 Å². The van der Waals surface area contributed by atoms with Crippen LogP contribution in [0.4, 0.5) is 17.1 Å². The molecule has 8 rings (SSSR count). The van der Waals surface area contributed by atoms with Crippen LogP contribution < -0.4 is 9.80 Å². The van der Waals surface area contributed by atoms with E-state index in [4.69, 9.17) is 4.98 Å². The summed E-state index contributed by atoms with van der Waals surface area (Å²) in [6, 6.07) is 51.2. The molecule has 47 heavy (non-hydrogen) atoms. The first-order chi connectivity index (χ1) is 22.4. The Balaban J connectivity index is 0.00000351. The van der Waals surface area contributed by atoms with Gasteiger partial charge in [-0.2, -0.15) is 47.5 Å². The van der Waals surface area contributed by atoms with Crippen molar-refractivity contribution in [2.24, 2.45) is 0 Å². The van der Waals surface area contributed by atoms with Crippen LogP contribution in [0, 0.1) is 12.1 Å². The molecule has 0 aliphatic carbocycles. The number of benzene rings is 5. The van der Waals surface area contributed by atoms with Crippen molar-refractivity contribution < 1.29 is 21.1 Å². The monoisotopic (exact) mass is 791 g/mol. The standard InChI is InChI=1S/C42H36N4.Pt/c1-29(2)44-28-45(39-20-11-10-19-38(39)44)34-16-12-15-32(26-34)42(3,4)33-21-22-36-35-17-8-9-18-37(35)46(40(36)27-33)41-25-31(23-24-43-41)30-13-6-5-7-14-30;/h5-25,29H,28H2,1-4H3;/q-2;+2. The number of hydrogen-bond donors (Lipinski definition) is 0. The fourth-order valence-corrected chi connectivity index (χ4v) is 6.86. The third-order valence-corrected chi connectivity index (χ3v) is 9.48. The van der Waals surface area contributed by atoms with Gasteiger partial charge >= 0.3 is 21.1 Å². The van der Waals surface area contributed by atoms with Crippen molar-refractivity contribution in [3.05, 3.63) is 151 Å². The molecule has 0 saturated heterocycles. The first kappa shape index (κ1) is 31.0. The van der Waals surface area contributed by atoms with Gasteiger partial charge in [-0.05, 0) is 66.1 Å². The first-order valence-corrected chi connectivity index (χ1v) is 16.0. The van der Waals surface area contributed by atoms with Crippen molar-refractivity contribution in [2.45, 2.75) is 39.2 Å². The Morgan fingerprint density at radius 3 is 2.21 bits per heavy atom. The number of anilines is 3. The van der Waals surface area contributed by atoms with Gasteiger partial charge in [-0.3, -0.25) is 0 Å². The Kier molecular flexibility index (Phi) is 8.02. The maximum absolute atomic E-state index is 4.88. The Hall–Kier alpha value is -4.66. The molecule has 0 atom stereocenters. The van der Waals surface area contributed by atoms with E-state index in [1.165, 1.54) is 27.7 Å². The van der Waals surface area contributed by atoms with Crippen LogP contribution in [0.25, 0.3) is 38.8 Å². The molecule has 2 aromatic heterocycles. The molecule has 1 aliphatic rings. The molecule has 4 nitrogen and oxygen atoms in total. The normalized spacial score (nSPS) is 13.0. The van der Waals surface area contributed by atoms with Crippen molar-refractivity contribution in [1.29, 1.82) is 0 Å². The van der Waals surface area contributed by atoms with Crippen LogP contribution in [0.1, 0.15) is 38.8 Å². The van der Waals surface area contributed by atoms with Crippen molar-refractivity contribution in [3.8, 4) is 16.9 Å². The molecule has 0 fully saturated rings. The van der Waals surface area contributed by atoms with E-state index in [-0.39, 0.29) is 26.5 Å². The van der Waals surface area contributed by atoms with Gasteiger partial charge in [0.2, 0.25) is 0 Å². The average molecular weight is 792 g/mol. The van der Waals surface area contributed by atoms with Crippen molar-refractivity contribution >= 4 is 38.9 Å². The molecule has 0 N–H and O–H groups in total. The summed E-state index contributed by atoms with van der Waals surface area (Å²) in [5.74, 6) is 0.884. The zero-order chi connectivity index (χ0) is 31.4. The van der Waals surface area contributed by atoms with Crippen LogP contribution in [0.5, 0.6) is 0 Å². The summed E-state index contributed by atoms with van der Waals surface area (Å²) in [7, 11) is 0. The van der Waals surface area contributed by atoms with E-state index in [0.29, 0.717) is 6.04 Å². The number of nitrogens with zero attached hydrogens (tertiary/aromatic N) is 4. The minimum atomic E-state index is -0.345. The average Bonchev–Trinajstić information content (AvgIpc) is 3.65. The van der Waals surface area contributed by atoms with E-state index in [0.717, 1.165) is 45.9 Å². The summed E-state index contributed by atoms with van der Waals surface area (Å²) in [5.41, 5.74) is 9.94. The van der Waals surface area contributed by atoms with E-state index >= 15 is 0 Å². The Morgan fingerprint density at radius 1 is 0.681 bits per heavy atom. The summed E-state index contributed by atoms with van der Waals surface area (Å²) >= 11 is 0. The Bertz CT molecular complexity index is 2220. The second-order valence-electron chi connectivity index (χ2n) is 13.0. The van der Waals surface area contributed by atoms with Gasteiger partial charge in [0.1, 0.15) is 5.82 Å². The fraction of sp³-hybridized carbons (Fsp3) is 0.167. The fourth-order valence-electron chi connectivity index (χ4n) is 6.86. The zero-order valence-electron chi connectivity index (χ0n) is 27.0. The third kappa shape index (κ3) is 5.25. The van der Waals surface area contributed by atoms with E-state index in [1.807, 2.05) is 12.3 Å². The number of aromatic nitrogens is 2. The van der Waals surface area contributed by atoms with Crippen LogP contribution >= 0.6 is 0 Å². The molecular weight excluding hydrogens is 756 g/mol. The molecule has 0 radical (unpaired) electrons. The Labute approximate surface area is 291 Å². The minimum Gasteiger partial charge on any atom is -0.349 e. The number of hydrogen-bond acceptors (Lipinski definition) is 3. The predicted octanol–water partition coefficient (Wildman–Crippen LogP) is 10.1. The summed E-state index contributed by atoms with van der Waals surface area (Å²) in [6.45, 7) is 9.87. The SMILES string of the molecule is CC(C)N1CN(c2[c-]c(C(C)(C)c3[c-]c4c(cc3)c3ccccc3n4-c3cc(-c4ccccc4)ccn3)ccc2)c2ccccc21.[Pt+2]. The molecule has 0 spiro atoms. The summed E-state index contributed by atoms with van der Waals surface area (Å²) in [6.07, 6.45) is 1.91. The molecule has 234 valence electrons. The second kappa shape index (κ2) is 12.2. The van der Waals surface area contributed by atoms with Crippen LogP contribution in [-0.2, 0) is 26.5 Å². The first-order valence-electron chi connectivity index (χ1n) is 16.0. The molecule has 0 unspecified atom stereocenters. The van der Waals surface area contributed by atoms with Gasteiger partial charge in [-0.1, -0.05) is 85.7 Å².